The Morgan fingerprint density at radius 1 is 1.00 bits per heavy atom. The van der Waals surface area contributed by atoms with Gasteiger partial charge in [-0.05, 0) is 68.2 Å². The zero-order valence-corrected chi connectivity index (χ0v) is 14.2. The van der Waals surface area contributed by atoms with Crippen LogP contribution in [0.25, 0.3) is 0 Å². The van der Waals surface area contributed by atoms with Crippen LogP contribution in [0.5, 0.6) is 0 Å². The van der Waals surface area contributed by atoms with Gasteiger partial charge in [-0.3, -0.25) is 0 Å². The van der Waals surface area contributed by atoms with Gasteiger partial charge in [0.25, 0.3) is 0 Å². The minimum atomic E-state index is -0.199. The van der Waals surface area contributed by atoms with Crippen LogP contribution in [-0.4, -0.2) is 33.4 Å². The third-order valence-corrected chi connectivity index (χ3v) is 4.33. The average molecular weight is 329 g/mol. The van der Waals surface area contributed by atoms with Crippen molar-refractivity contribution in [2.45, 2.75) is 38.4 Å². The Morgan fingerprint density at radius 3 is 1.89 bits per heavy atom. The molecule has 3 nitrogen and oxygen atoms in total. The molecule has 18 heavy (non-hydrogen) atoms. The molecular formula is C11H20O3S4. The molecule has 0 saturated heterocycles. The monoisotopic (exact) mass is 328 g/mol. The first-order chi connectivity index (χ1) is 8.63. The molecule has 0 aliphatic carbocycles. The van der Waals surface area contributed by atoms with Gasteiger partial charge in [-0.25, -0.2) is 0 Å². The largest absolute Gasteiger partial charge is 0.479 e. The fourth-order valence-electron chi connectivity index (χ4n) is 0.877. The van der Waals surface area contributed by atoms with Gasteiger partial charge in [0.2, 0.25) is 8.77 Å². The predicted octanol–water partition coefficient (Wildman–Crippen LogP) is 4.20. The highest BCUT2D eigenvalue weighted by atomic mass is 32.2. The van der Waals surface area contributed by atoms with E-state index in [1.54, 1.807) is 0 Å². The van der Waals surface area contributed by atoms with Gasteiger partial charge in [0.05, 0.1) is 13.2 Å². The third kappa shape index (κ3) is 10.4. The van der Waals surface area contributed by atoms with Crippen LogP contribution >= 0.6 is 48.0 Å². The summed E-state index contributed by atoms with van der Waals surface area (Å²) in [5, 5.41) is 0. The molecular weight excluding hydrogens is 308 g/mol. The first-order valence-electron chi connectivity index (χ1n) is 5.92. The number of unbranched alkanes of at least 4 members (excludes halogenated alkanes) is 1. The molecule has 0 rings (SSSR count). The Bertz CT molecular complexity index is 228. The molecule has 0 saturated carbocycles. The lowest BCUT2D eigenvalue weighted by Gasteiger charge is -2.17. The smallest absolute Gasteiger partial charge is 0.223 e. The van der Waals surface area contributed by atoms with Crippen LogP contribution in [0.15, 0.2) is 0 Å². The maximum absolute atomic E-state index is 5.71. The summed E-state index contributed by atoms with van der Waals surface area (Å²) < 4.78 is 16.9. The Hall–Kier alpha value is 0.440. The normalized spacial score (nSPS) is 10.4. The van der Waals surface area contributed by atoms with Crippen LogP contribution in [0.4, 0.5) is 0 Å². The summed E-state index contributed by atoms with van der Waals surface area (Å²) >= 11 is 12.9. The van der Waals surface area contributed by atoms with Crippen LogP contribution in [-0.2, 0) is 14.2 Å². The van der Waals surface area contributed by atoms with Crippen molar-refractivity contribution in [3.05, 3.63) is 0 Å². The van der Waals surface area contributed by atoms with Gasteiger partial charge in [-0.1, -0.05) is 13.3 Å². The molecule has 0 aromatic rings. The standard InChI is InChI=1S/C11H20O3S4/c1-4-7-8-14-11(17-9(15)12-5-2)18-10(16)13-6-3/h11H,4-8H2,1-3H3. The Labute approximate surface area is 129 Å². The van der Waals surface area contributed by atoms with Gasteiger partial charge in [-0.15, -0.1) is 0 Å². The van der Waals surface area contributed by atoms with E-state index in [0.717, 1.165) is 12.8 Å². The van der Waals surface area contributed by atoms with Crippen LogP contribution in [0, 0.1) is 0 Å². The maximum atomic E-state index is 5.71. The van der Waals surface area contributed by atoms with Gasteiger partial charge >= 0.3 is 0 Å². The lowest BCUT2D eigenvalue weighted by molar-refractivity contribution is 0.160. The highest BCUT2D eigenvalue weighted by Gasteiger charge is 2.17. The molecule has 0 bridgehead atoms. The molecule has 0 aliphatic rings. The fraction of sp³-hybridized carbons (Fsp3) is 0.818. The second kappa shape index (κ2) is 12.5. The molecule has 106 valence electrons. The van der Waals surface area contributed by atoms with Crippen molar-refractivity contribution in [1.82, 2.24) is 0 Å². The Kier molecular flexibility index (Phi) is 12.8. The highest BCUT2D eigenvalue weighted by molar-refractivity contribution is 8.35. The first kappa shape index (κ1) is 18.4. The van der Waals surface area contributed by atoms with Gasteiger partial charge in [0.15, 0.2) is 4.77 Å². The molecule has 0 N–H and O–H groups in total. The van der Waals surface area contributed by atoms with E-state index in [0.29, 0.717) is 28.6 Å². The van der Waals surface area contributed by atoms with Gasteiger partial charge in [0, 0.05) is 6.61 Å². The predicted molar refractivity (Wildman–Crippen MR) is 88.3 cm³/mol. The van der Waals surface area contributed by atoms with Crippen molar-refractivity contribution < 1.29 is 14.2 Å². The van der Waals surface area contributed by atoms with Crippen molar-refractivity contribution in [3.63, 3.8) is 0 Å². The number of thiocarbonyl (C=S) groups is 2. The van der Waals surface area contributed by atoms with Gasteiger partial charge < -0.3 is 14.2 Å². The molecule has 0 aromatic heterocycles. The molecule has 0 spiro atoms. The topological polar surface area (TPSA) is 27.7 Å². The fourth-order valence-corrected chi connectivity index (χ4v) is 3.73. The van der Waals surface area contributed by atoms with E-state index in [9.17, 15) is 0 Å². The molecule has 7 heteroatoms. The minimum Gasteiger partial charge on any atom is -0.479 e. The van der Waals surface area contributed by atoms with Crippen molar-refractivity contribution in [2.24, 2.45) is 0 Å². The number of hydrogen-bond acceptors (Lipinski definition) is 7. The number of rotatable bonds is 8. The minimum absolute atomic E-state index is 0.199. The number of hydrogen-bond donors (Lipinski definition) is 0. The van der Waals surface area contributed by atoms with E-state index in [1.807, 2.05) is 13.8 Å². The summed E-state index contributed by atoms with van der Waals surface area (Å²) in [6, 6.07) is 0. The van der Waals surface area contributed by atoms with E-state index in [4.69, 9.17) is 38.6 Å². The van der Waals surface area contributed by atoms with Crippen molar-refractivity contribution in [1.29, 1.82) is 0 Å². The third-order valence-electron chi connectivity index (χ3n) is 1.66. The summed E-state index contributed by atoms with van der Waals surface area (Å²) in [6.07, 6.45) is 2.11. The molecule has 0 aliphatic heterocycles. The summed E-state index contributed by atoms with van der Waals surface area (Å²) in [7, 11) is 0. The lowest BCUT2D eigenvalue weighted by Crippen LogP contribution is -2.13. The molecule has 0 atom stereocenters. The van der Waals surface area contributed by atoms with Crippen LogP contribution < -0.4 is 0 Å². The van der Waals surface area contributed by atoms with Crippen LogP contribution in [0.3, 0.4) is 0 Å². The Morgan fingerprint density at radius 2 is 1.50 bits per heavy atom. The first-order valence-corrected chi connectivity index (χ1v) is 8.49. The van der Waals surface area contributed by atoms with E-state index < -0.39 is 0 Å². The lowest BCUT2D eigenvalue weighted by atomic mass is 10.4. The zero-order valence-electron chi connectivity index (χ0n) is 11.0. The summed E-state index contributed by atoms with van der Waals surface area (Å²) in [6.45, 7) is 7.73. The quantitative estimate of drug-likeness (QED) is 0.374. The molecule has 0 aromatic carbocycles. The van der Waals surface area contributed by atoms with E-state index in [1.165, 1.54) is 23.5 Å². The summed E-state index contributed by atoms with van der Waals surface area (Å²) in [5.41, 5.74) is 0. The van der Waals surface area contributed by atoms with Crippen molar-refractivity contribution >= 4 is 56.7 Å². The second-order valence-electron chi connectivity index (χ2n) is 3.11. The molecule has 0 radical (unpaired) electrons. The van der Waals surface area contributed by atoms with Gasteiger partial charge in [0.1, 0.15) is 0 Å². The molecule has 0 heterocycles. The van der Waals surface area contributed by atoms with Crippen molar-refractivity contribution in [3.8, 4) is 0 Å². The molecule has 0 fully saturated rings. The van der Waals surface area contributed by atoms with Crippen LogP contribution in [0.1, 0.15) is 33.6 Å². The second-order valence-corrected chi connectivity index (χ2v) is 6.74. The zero-order chi connectivity index (χ0) is 13.8. The van der Waals surface area contributed by atoms with E-state index in [-0.39, 0.29) is 4.77 Å². The Balaban J connectivity index is 4.14. The SMILES string of the molecule is CCCCOC(SC(=S)OCC)SC(=S)OCC. The highest BCUT2D eigenvalue weighted by Crippen LogP contribution is 2.28. The van der Waals surface area contributed by atoms with E-state index in [2.05, 4.69) is 6.92 Å². The maximum Gasteiger partial charge on any atom is 0.223 e. The number of ether oxygens (including phenoxy) is 3. The average Bonchev–Trinajstić information content (AvgIpc) is 2.29. The van der Waals surface area contributed by atoms with Crippen LogP contribution in [0.2, 0.25) is 0 Å². The van der Waals surface area contributed by atoms with Gasteiger partial charge in [-0.2, -0.15) is 0 Å². The molecule has 0 unspecified atom stereocenters. The van der Waals surface area contributed by atoms with E-state index >= 15 is 0 Å². The van der Waals surface area contributed by atoms with Crippen molar-refractivity contribution in [2.75, 3.05) is 19.8 Å². The number of thioether (sulfide) groups is 2. The summed E-state index contributed by atoms with van der Waals surface area (Å²) in [4.78, 5) is 0. The molecule has 0 amide bonds. The summed E-state index contributed by atoms with van der Waals surface area (Å²) in [5.74, 6) is 0.